The molecule has 19 heavy (non-hydrogen) atoms. The Morgan fingerprint density at radius 3 is 2.37 bits per heavy atom. The van der Waals surface area contributed by atoms with Crippen LogP contribution in [0.1, 0.15) is 30.9 Å². The molecule has 0 amide bonds. The van der Waals surface area contributed by atoms with Crippen molar-refractivity contribution in [1.29, 1.82) is 0 Å². The molecule has 2 nitrogen and oxygen atoms in total. The molecule has 0 N–H and O–H groups in total. The molecule has 2 heteroatoms. The van der Waals surface area contributed by atoms with Crippen LogP contribution in [0.15, 0.2) is 54.6 Å². The minimum Gasteiger partial charge on any atom is -0.475 e. The highest BCUT2D eigenvalue weighted by atomic mass is 16.5. The van der Waals surface area contributed by atoms with Gasteiger partial charge < -0.3 is 4.74 Å². The van der Waals surface area contributed by atoms with Crippen molar-refractivity contribution in [2.24, 2.45) is 0 Å². The first-order chi connectivity index (χ1) is 9.13. The zero-order chi connectivity index (χ0) is 13.5. The second kappa shape index (κ2) is 4.23. The summed E-state index contributed by atoms with van der Waals surface area (Å²) in [6.07, 6.45) is 0. The molecule has 1 aliphatic rings. The molecule has 0 saturated carbocycles. The van der Waals surface area contributed by atoms with E-state index in [4.69, 9.17) is 4.74 Å². The number of fused-ring (bicyclic) bond motifs is 1. The Bertz CT molecular complexity index is 618. The molecule has 2 aromatic rings. The summed E-state index contributed by atoms with van der Waals surface area (Å²) < 4.78 is 6.04. The van der Waals surface area contributed by atoms with E-state index in [2.05, 4.69) is 0 Å². The molecule has 2 aromatic carbocycles. The van der Waals surface area contributed by atoms with Crippen molar-refractivity contribution in [1.82, 2.24) is 0 Å². The van der Waals surface area contributed by atoms with Crippen LogP contribution in [0.2, 0.25) is 0 Å². The Morgan fingerprint density at radius 2 is 1.63 bits per heavy atom. The summed E-state index contributed by atoms with van der Waals surface area (Å²) in [6.45, 7) is 3.81. The summed E-state index contributed by atoms with van der Waals surface area (Å²) >= 11 is 0. The molecule has 0 aliphatic carbocycles. The highest BCUT2D eigenvalue weighted by Crippen LogP contribution is 2.42. The number of Topliss-reactive ketones (excluding diaryl/α,β-unsaturated/α-hetero) is 1. The fraction of sp³-hybridized carbons (Fsp3) is 0.235. The lowest BCUT2D eigenvalue weighted by Gasteiger charge is -2.37. The molecule has 2 atom stereocenters. The van der Waals surface area contributed by atoms with Gasteiger partial charge in [0.05, 0.1) is 0 Å². The predicted octanol–water partition coefficient (Wildman–Crippen LogP) is 3.67. The molecular formula is C17H16O2. The quantitative estimate of drug-likeness (QED) is 0.774. The van der Waals surface area contributed by atoms with Crippen LogP contribution in [-0.2, 0) is 10.4 Å². The number of carbonyl (C=O) groups excluding carboxylic acids is 1. The number of para-hydroxylation sites is 1. The lowest BCUT2D eigenvalue weighted by atomic mass is 9.79. The molecule has 0 bridgehead atoms. The second-order valence-corrected chi connectivity index (χ2v) is 5.13. The van der Waals surface area contributed by atoms with Gasteiger partial charge in [-0.3, -0.25) is 4.79 Å². The number of carbonyl (C=O) groups is 1. The van der Waals surface area contributed by atoms with Crippen molar-refractivity contribution < 1.29 is 9.53 Å². The monoisotopic (exact) mass is 252 g/mol. The Morgan fingerprint density at radius 1 is 1.00 bits per heavy atom. The van der Waals surface area contributed by atoms with E-state index >= 15 is 0 Å². The van der Waals surface area contributed by atoms with Gasteiger partial charge in [0.25, 0.3) is 0 Å². The third-order valence-corrected chi connectivity index (χ3v) is 3.89. The fourth-order valence-corrected chi connectivity index (χ4v) is 2.71. The molecule has 2 unspecified atom stereocenters. The molecule has 96 valence electrons. The van der Waals surface area contributed by atoms with Crippen LogP contribution in [0.4, 0.5) is 0 Å². The van der Waals surface area contributed by atoms with Crippen LogP contribution in [0, 0.1) is 0 Å². The average molecular weight is 252 g/mol. The molecule has 0 spiro atoms. The normalized spacial score (nSPS) is 25.6. The van der Waals surface area contributed by atoms with Crippen LogP contribution < -0.4 is 4.74 Å². The third kappa shape index (κ3) is 1.75. The zero-order valence-electron chi connectivity index (χ0n) is 11.1. The van der Waals surface area contributed by atoms with Gasteiger partial charge in [-0.05, 0) is 13.0 Å². The van der Waals surface area contributed by atoms with Gasteiger partial charge >= 0.3 is 0 Å². The van der Waals surface area contributed by atoms with Crippen molar-refractivity contribution in [3.05, 3.63) is 65.7 Å². The van der Waals surface area contributed by atoms with E-state index in [0.717, 1.165) is 16.9 Å². The topological polar surface area (TPSA) is 26.3 Å². The standard InChI is InChI=1S/C17H16O2/c1-12-14-10-6-7-11-15(14)19-17(2,16(12)18)13-8-4-3-5-9-13/h3-12H,1-2H3. The zero-order valence-corrected chi connectivity index (χ0v) is 11.1. The first kappa shape index (κ1) is 12.0. The van der Waals surface area contributed by atoms with Gasteiger partial charge in [0.2, 0.25) is 0 Å². The molecule has 0 saturated heterocycles. The molecule has 1 aliphatic heterocycles. The van der Waals surface area contributed by atoms with Crippen molar-refractivity contribution in [2.45, 2.75) is 25.4 Å². The van der Waals surface area contributed by atoms with Gasteiger partial charge in [-0.25, -0.2) is 0 Å². The summed E-state index contributed by atoms with van der Waals surface area (Å²) in [5.74, 6) is 0.772. The van der Waals surface area contributed by atoms with Gasteiger partial charge in [-0.15, -0.1) is 0 Å². The summed E-state index contributed by atoms with van der Waals surface area (Å²) in [6, 6.07) is 17.5. The number of hydrogen-bond acceptors (Lipinski definition) is 2. The first-order valence-electron chi connectivity index (χ1n) is 6.51. The number of ether oxygens (including phenoxy) is 1. The van der Waals surface area contributed by atoms with Crippen molar-refractivity contribution in [3.8, 4) is 5.75 Å². The molecule has 0 radical (unpaired) electrons. The van der Waals surface area contributed by atoms with Crippen molar-refractivity contribution >= 4 is 5.78 Å². The molecule has 0 fully saturated rings. The Balaban J connectivity index is 2.13. The molecular weight excluding hydrogens is 236 g/mol. The largest absolute Gasteiger partial charge is 0.475 e. The smallest absolute Gasteiger partial charge is 0.189 e. The maximum Gasteiger partial charge on any atom is 0.189 e. The lowest BCUT2D eigenvalue weighted by Crippen LogP contribution is -2.44. The minimum atomic E-state index is -0.894. The number of benzene rings is 2. The highest BCUT2D eigenvalue weighted by molar-refractivity contribution is 5.95. The van der Waals surface area contributed by atoms with E-state index in [1.54, 1.807) is 0 Å². The van der Waals surface area contributed by atoms with Crippen LogP contribution in [0.3, 0.4) is 0 Å². The van der Waals surface area contributed by atoms with Crippen molar-refractivity contribution in [2.75, 3.05) is 0 Å². The Hall–Kier alpha value is -2.09. The van der Waals surface area contributed by atoms with E-state index in [9.17, 15) is 4.79 Å². The molecule has 3 rings (SSSR count). The molecule has 1 heterocycles. The maximum absolute atomic E-state index is 12.7. The maximum atomic E-state index is 12.7. The second-order valence-electron chi connectivity index (χ2n) is 5.13. The van der Waals surface area contributed by atoms with Gasteiger partial charge in [-0.1, -0.05) is 55.5 Å². The fourth-order valence-electron chi connectivity index (χ4n) is 2.71. The minimum absolute atomic E-state index is 0.109. The van der Waals surface area contributed by atoms with E-state index in [-0.39, 0.29) is 11.7 Å². The number of ketones is 1. The summed E-state index contributed by atoms with van der Waals surface area (Å²) in [5.41, 5.74) is 0.983. The van der Waals surface area contributed by atoms with Crippen LogP contribution in [-0.4, -0.2) is 5.78 Å². The van der Waals surface area contributed by atoms with Crippen LogP contribution in [0.25, 0.3) is 0 Å². The van der Waals surface area contributed by atoms with Crippen LogP contribution >= 0.6 is 0 Å². The predicted molar refractivity (Wildman–Crippen MR) is 74.3 cm³/mol. The highest BCUT2D eigenvalue weighted by Gasteiger charge is 2.45. The van der Waals surface area contributed by atoms with Crippen molar-refractivity contribution in [3.63, 3.8) is 0 Å². The SMILES string of the molecule is CC1C(=O)C(C)(c2ccccc2)Oc2ccccc21. The van der Waals surface area contributed by atoms with Crippen LogP contribution in [0.5, 0.6) is 5.75 Å². The Kier molecular flexibility index (Phi) is 2.67. The van der Waals surface area contributed by atoms with E-state index in [0.29, 0.717) is 0 Å². The lowest BCUT2D eigenvalue weighted by molar-refractivity contribution is -0.137. The van der Waals surface area contributed by atoms with Gasteiger partial charge in [0, 0.05) is 17.0 Å². The first-order valence-corrected chi connectivity index (χ1v) is 6.51. The summed E-state index contributed by atoms with van der Waals surface area (Å²) in [7, 11) is 0. The van der Waals surface area contributed by atoms with E-state index < -0.39 is 5.60 Å². The number of rotatable bonds is 1. The average Bonchev–Trinajstić information content (AvgIpc) is 2.46. The third-order valence-electron chi connectivity index (χ3n) is 3.89. The summed E-state index contributed by atoms with van der Waals surface area (Å²) in [4.78, 5) is 12.7. The van der Waals surface area contributed by atoms with E-state index in [1.165, 1.54) is 0 Å². The Labute approximate surface area is 113 Å². The summed E-state index contributed by atoms with van der Waals surface area (Å²) in [5, 5.41) is 0. The van der Waals surface area contributed by atoms with Gasteiger partial charge in [0.1, 0.15) is 5.75 Å². The number of hydrogen-bond donors (Lipinski definition) is 0. The van der Waals surface area contributed by atoms with Gasteiger partial charge in [0.15, 0.2) is 11.4 Å². The molecule has 0 aromatic heterocycles. The van der Waals surface area contributed by atoms with E-state index in [1.807, 2.05) is 68.4 Å². The van der Waals surface area contributed by atoms with Gasteiger partial charge in [-0.2, -0.15) is 0 Å².